The number of amides is 1. The Kier molecular flexibility index (Phi) is 3.84. The standard InChI is InChI=1S/C19H16FN3O3/c1-11-7-12(2)23(22-11)16-5-3-13(8-15(16)20)19(24)21-14-4-6-17-18(9-14)26-10-25-17/h3-9H,10H2,1-2H3,(H,21,24). The van der Waals surface area contributed by atoms with Crippen molar-refractivity contribution in [3.8, 4) is 17.2 Å². The SMILES string of the molecule is Cc1cc(C)n(-c2ccc(C(=O)Nc3ccc4c(c3)OCO4)cc2F)n1. The van der Waals surface area contributed by atoms with Gasteiger partial charge in [-0.05, 0) is 50.2 Å². The van der Waals surface area contributed by atoms with E-state index in [1.807, 2.05) is 19.9 Å². The highest BCUT2D eigenvalue weighted by atomic mass is 19.1. The largest absolute Gasteiger partial charge is 0.454 e. The van der Waals surface area contributed by atoms with E-state index in [4.69, 9.17) is 9.47 Å². The van der Waals surface area contributed by atoms with Gasteiger partial charge >= 0.3 is 0 Å². The topological polar surface area (TPSA) is 65.4 Å². The predicted octanol–water partition coefficient (Wildman–Crippen LogP) is 3.61. The lowest BCUT2D eigenvalue weighted by Crippen LogP contribution is -2.13. The Labute approximate surface area is 149 Å². The van der Waals surface area contributed by atoms with E-state index >= 15 is 0 Å². The van der Waals surface area contributed by atoms with Crippen molar-refractivity contribution in [1.82, 2.24) is 9.78 Å². The van der Waals surface area contributed by atoms with E-state index in [9.17, 15) is 9.18 Å². The molecule has 0 spiro atoms. The summed E-state index contributed by atoms with van der Waals surface area (Å²) >= 11 is 0. The van der Waals surface area contributed by atoms with Gasteiger partial charge in [-0.25, -0.2) is 9.07 Å². The Hall–Kier alpha value is -3.35. The maximum absolute atomic E-state index is 14.5. The molecule has 0 aliphatic carbocycles. The van der Waals surface area contributed by atoms with Gasteiger partial charge in [-0.3, -0.25) is 4.79 Å². The molecule has 2 aromatic carbocycles. The van der Waals surface area contributed by atoms with E-state index < -0.39 is 11.7 Å². The zero-order valence-corrected chi connectivity index (χ0v) is 14.2. The van der Waals surface area contributed by atoms with Crippen molar-refractivity contribution in [2.75, 3.05) is 12.1 Å². The van der Waals surface area contributed by atoms with Crippen molar-refractivity contribution in [1.29, 1.82) is 0 Å². The molecule has 6 nitrogen and oxygen atoms in total. The van der Waals surface area contributed by atoms with Gasteiger partial charge in [-0.2, -0.15) is 5.10 Å². The molecule has 0 fully saturated rings. The summed E-state index contributed by atoms with van der Waals surface area (Å²) in [4.78, 5) is 12.4. The predicted molar refractivity (Wildman–Crippen MR) is 93.5 cm³/mol. The van der Waals surface area contributed by atoms with Crippen LogP contribution in [0.3, 0.4) is 0 Å². The average Bonchev–Trinajstić information content (AvgIpc) is 3.20. The molecule has 1 amide bonds. The maximum atomic E-state index is 14.5. The van der Waals surface area contributed by atoms with Crippen LogP contribution in [0.2, 0.25) is 0 Å². The number of aryl methyl sites for hydroxylation is 2. The number of hydrogen-bond donors (Lipinski definition) is 1. The van der Waals surface area contributed by atoms with E-state index in [0.29, 0.717) is 22.9 Å². The molecule has 132 valence electrons. The van der Waals surface area contributed by atoms with Gasteiger partial charge in [0.1, 0.15) is 11.5 Å². The number of carbonyl (C=O) groups excluding carboxylic acids is 1. The second kappa shape index (κ2) is 6.18. The number of nitrogens with zero attached hydrogens (tertiary/aromatic N) is 2. The molecule has 0 radical (unpaired) electrons. The molecule has 3 aromatic rings. The number of halogens is 1. The fraction of sp³-hybridized carbons (Fsp3) is 0.158. The van der Waals surface area contributed by atoms with Crippen LogP contribution >= 0.6 is 0 Å². The molecular formula is C19H16FN3O3. The van der Waals surface area contributed by atoms with Crippen molar-refractivity contribution in [2.24, 2.45) is 0 Å². The van der Waals surface area contributed by atoms with Crippen LogP contribution < -0.4 is 14.8 Å². The molecule has 0 atom stereocenters. The van der Waals surface area contributed by atoms with E-state index in [-0.39, 0.29) is 12.4 Å². The molecule has 1 aromatic heterocycles. The molecule has 2 heterocycles. The summed E-state index contributed by atoms with van der Waals surface area (Å²) in [6.45, 7) is 3.85. The lowest BCUT2D eigenvalue weighted by molar-refractivity contribution is 0.102. The van der Waals surface area contributed by atoms with Gasteiger partial charge in [0, 0.05) is 23.0 Å². The molecule has 1 aliphatic heterocycles. The van der Waals surface area contributed by atoms with Gasteiger partial charge in [-0.1, -0.05) is 0 Å². The number of aromatic nitrogens is 2. The lowest BCUT2D eigenvalue weighted by Gasteiger charge is -2.09. The van der Waals surface area contributed by atoms with Gasteiger partial charge in [0.05, 0.1) is 5.69 Å². The average molecular weight is 353 g/mol. The van der Waals surface area contributed by atoms with Crippen molar-refractivity contribution in [2.45, 2.75) is 13.8 Å². The van der Waals surface area contributed by atoms with Crippen molar-refractivity contribution in [3.63, 3.8) is 0 Å². The monoisotopic (exact) mass is 353 g/mol. The van der Waals surface area contributed by atoms with Gasteiger partial charge in [0.15, 0.2) is 11.5 Å². The summed E-state index contributed by atoms with van der Waals surface area (Å²) in [6.07, 6.45) is 0. The number of benzene rings is 2. The number of fused-ring (bicyclic) bond motifs is 1. The first-order chi connectivity index (χ1) is 12.5. The van der Waals surface area contributed by atoms with E-state index in [0.717, 1.165) is 11.4 Å². The molecule has 0 saturated carbocycles. The third kappa shape index (κ3) is 2.88. The molecular weight excluding hydrogens is 337 g/mol. The van der Waals surface area contributed by atoms with Crippen LogP contribution in [0.5, 0.6) is 11.5 Å². The number of ether oxygens (including phenoxy) is 2. The second-order valence-electron chi connectivity index (χ2n) is 6.03. The number of rotatable bonds is 3. The first-order valence-corrected chi connectivity index (χ1v) is 8.05. The maximum Gasteiger partial charge on any atom is 0.255 e. The minimum absolute atomic E-state index is 0.158. The Morgan fingerprint density at radius 3 is 2.65 bits per heavy atom. The Morgan fingerprint density at radius 2 is 1.92 bits per heavy atom. The summed E-state index contributed by atoms with van der Waals surface area (Å²) in [7, 11) is 0. The second-order valence-corrected chi connectivity index (χ2v) is 6.03. The zero-order valence-electron chi connectivity index (χ0n) is 14.2. The van der Waals surface area contributed by atoms with Crippen molar-refractivity contribution in [3.05, 3.63) is 65.2 Å². The van der Waals surface area contributed by atoms with E-state index in [1.54, 1.807) is 30.3 Å². The highest BCUT2D eigenvalue weighted by molar-refractivity contribution is 6.04. The van der Waals surface area contributed by atoms with E-state index in [1.165, 1.54) is 10.7 Å². The normalized spacial score (nSPS) is 12.3. The Bertz CT molecular complexity index is 1010. The highest BCUT2D eigenvalue weighted by Gasteiger charge is 2.16. The number of nitrogens with one attached hydrogen (secondary N) is 1. The smallest absolute Gasteiger partial charge is 0.255 e. The van der Waals surface area contributed by atoms with Gasteiger partial charge < -0.3 is 14.8 Å². The molecule has 0 saturated heterocycles. The molecule has 7 heteroatoms. The summed E-state index contributed by atoms with van der Waals surface area (Å²) in [5.74, 6) is 0.259. The summed E-state index contributed by atoms with van der Waals surface area (Å²) in [5.41, 5.74) is 2.67. The molecule has 0 bridgehead atoms. The molecule has 4 rings (SSSR count). The summed E-state index contributed by atoms with van der Waals surface area (Å²) < 4.78 is 26.6. The quantitative estimate of drug-likeness (QED) is 0.781. The minimum atomic E-state index is -0.519. The third-order valence-corrected chi connectivity index (χ3v) is 4.08. The Balaban J connectivity index is 1.57. The lowest BCUT2D eigenvalue weighted by atomic mass is 10.1. The number of hydrogen-bond acceptors (Lipinski definition) is 4. The van der Waals surface area contributed by atoms with Crippen LogP contribution in [0.1, 0.15) is 21.7 Å². The fourth-order valence-corrected chi connectivity index (χ4v) is 2.87. The zero-order chi connectivity index (χ0) is 18.3. The van der Waals surface area contributed by atoms with Gasteiger partial charge in [-0.15, -0.1) is 0 Å². The first-order valence-electron chi connectivity index (χ1n) is 8.05. The first kappa shape index (κ1) is 16.1. The molecule has 1 N–H and O–H groups in total. The van der Waals surface area contributed by atoms with E-state index in [2.05, 4.69) is 10.4 Å². The van der Waals surface area contributed by atoms with Crippen LogP contribution in [-0.2, 0) is 0 Å². The fourth-order valence-electron chi connectivity index (χ4n) is 2.87. The van der Waals surface area contributed by atoms with Crippen LogP contribution in [0.15, 0.2) is 42.5 Å². The van der Waals surface area contributed by atoms with Crippen LogP contribution in [-0.4, -0.2) is 22.5 Å². The van der Waals surface area contributed by atoms with Crippen LogP contribution in [0.4, 0.5) is 10.1 Å². The molecule has 0 unspecified atom stereocenters. The van der Waals surface area contributed by atoms with Crippen LogP contribution in [0.25, 0.3) is 5.69 Å². The summed E-state index contributed by atoms with van der Waals surface area (Å²) in [5, 5.41) is 6.99. The minimum Gasteiger partial charge on any atom is -0.454 e. The number of carbonyl (C=O) groups is 1. The molecule has 26 heavy (non-hydrogen) atoms. The summed E-state index contributed by atoms with van der Waals surface area (Å²) in [6, 6.07) is 11.3. The third-order valence-electron chi connectivity index (χ3n) is 4.08. The van der Waals surface area contributed by atoms with Crippen molar-refractivity contribution < 1.29 is 18.7 Å². The van der Waals surface area contributed by atoms with Crippen LogP contribution in [0, 0.1) is 19.7 Å². The van der Waals surface area contributed by atoms with Gasteiger partial charge in [0.2, 0.25) is 6.79 Å². The van der Waals surface area contributed by atoms with Gasteiger partial charge in [0.25, 0.3) is 5.91 Å². The Morgan fingerprint density at radius 1 is 1.12 bits per heavy atom. The highest BCUT2D eigenvalue weighted by Crippen LogP contribution is 2.34. The molecule has 1 aliphatic rings. The number of anilines is 1. The van der Waals surface area contributed by atoms with Crippen molar-refractivity contribution >= 4 is 11.6 Å².